The molecule has 8 heteroatoms. The van der Waals surface area contributed by atoms with Crippen molar-refractivity contribution in [3.8, 4) is 11.5 Å². The third kappa shape index (κ3) is 4.07. The first kappa shape index (κ1) is 18.0. The number of aromatic nitrogens is 2. The molecular formula is C17H21N3O3S2. The number of anilines is 1. The molecule has 25 heavy (non-hydrogen) atoms. The summed E-state index contributed by atoms with van der Waals surface area (Å²) in [4.78, 5) is 15.0. The molecule has 0 saturated carbocycles. The number of benzene rings is 1. The van der Waals surface area contributed by atoms with Crippen molar-refractivity contribution in [3.63, 3.8) is 0 Å². The number of hydrogen-bond donors (Lipinski definition) is 0. The van der Waals surface area contributed by atoms with E-state index >= 15 is 0 Å². The van der Waals surface area contributed by atoms with Crippen LogP contribution >= 0.6 is 23.1 Å². The number of hydrogen-bond acceptors (Lipinski definition) is 8. The molecule has 1 aromatic carbocycles. The van der Waals surface area contributed by atoms with Gasteiger partial charge in [0.25, 0.3) is 0 Å². The van der Waals surface area contributed by atoms with Crippen molar-refractivity contribution in [2.24, 2.45) is 0 Å². The molecule has 1 aliphatic heterocycles. The lowest BCUT2D eigenvalue weighted by Crippen LogP contribution is -2.17. The number of ketones is 1. The predicted molar refractivity (Wildman–Crippen MR) is 101 cm³/mol. The minimum Gasteiger partial charge on any atom is -0.493 e. The number of thioether (sulfide) groups is 1. The second-order valence-electron chi connectivity index (χ2n) is 5.74. The number of ether oxygens (including phenoxy) is 2. The molecular weight excluding hydrogens is 358 g/mol. The van der Waals surface area contributed by atoms with Gasteiger partial charge in [-0.3, -0.25) is 4.79 Å². The second-order valence-corrected chi connectivity index (χ2v) is 8.28. The van der Waals surface area contributed by atoms with E-state index in [0.29, 0.717) is 17.1 Å². The van der Waals surface area contributed by atoms with Crippen LogP contribution in [0.2, 0.25) is 0 Å². The van der Waals surface area contributed by atoms with E-state index in [2.05, 4.69) is 15.1 Å². The molecule has 0 amide bonds. The fourth-order valence-corrected chi connectivity index (χ4v) is 4.83. The van der Waals surface area contributed by atoms with Gasteiger partial charge >= 0.3 is 0 Å². The van der Waals surface area contributed by atoms with Crippen molar-refractivity contribution in [3.05, 3.63) is 23.8 Å². The number of carbonyl (C=O) groups excluding carboxylic acids is 1. The molecule has 3 rings (SSSR count). The van der Waals surface area contributed by atoms with Crippen molar-refractivity contribution >= 4 is 34.0 Å². The maximum atomic E-state index is 12.7. The average molecular weight is 380 g/mol. The molecule has 1 fully saturated rings. The highest BCUT2D eigenvalue weighted by molar-refractivity contribution is 8.02. The fraction of sp³-hybridized carbons (Fsp3) is 0.471. The minimum absolute atomic E-state index is 0.0314. The molecule has 0 radical (unpaired) electrons. The summed E-state index contributed by atoms with van der Waals surface area (Å²) in [5.41, 5.74) is 0.599. The van der Waals surface area contributed by atoms with E-state index in [9.17, 15) is 4.79 Å². The zero-order valence-electron chi connectivity index (χ0n) is 14.5. The highest BCUT2D eigenvalue weighted by Gasteiger charge is 2.22. The average Bonchev–Trinajstić information content (AvgIpc) is 3.31. The topological polar surface area (TPSA) is 64.5 Å². The largest absolute Gasteiger partial charge is 0.493 e. The van der Waals surface area contributed by atoms with Crippen LogP contribution in [-0.4, -0.2) is 48.5 Å². The summed E-state index contributed by atoms with van der Waals surface area (Å²) in [6.45, 7) is 3.97. The SMILES string of the molecule is COc1ccc(C(=O)[C@@H](C)Sc2nnc(N3CCCC3)s2)cc1OC. The molecule has 0 N–H and O–H groups in total. The van der Waals surface area contributed by atoms with Crippen LogP contribution in [0.5, 0.6) is 11.5 Å². The van der Waals surface area contributed by atoms with Gasteiger partial charge in [0.2, 0.25) is 5.13 Å². The lowest BCUT2D eigenvalue weighted by Gasteiger charge is -2.12. The van der Waals surface area contributed by atoms with Crippen LogP contribution in [0.1, 0.15) is 30.1 Å². The van der Waals surface area contributed by atoms with Crippen molar-refractivity contribution in [2.75, 3.05) is 32.2 Å². The number of carbonyl (C=O) groups is 1. The van der Waals surface area contributed by atoms with E-state index in [-0.39, 0.29) is 11.0 Å². The van der Waals surface area contributed by atoms with Gasteiger partial charge in [0, 0.05) is 18.7 Å². The highest BCUT2D eigenvalue weighted by atomic mass is 32.2. The first-order valence-corrected chi connectivity index (χ1v) is 9.83. The van der Waals surface area contributed by atoms with Crippen molar-refractivity contribution in [2.45, 2.75) is 29.4 Å². The van der Waals surface area contributed by atoms with Crippen LogP contribution in [0, 0.1) is 0 Å². The van der Waals surface area contributed by atoms with E-state index in [0.717, 1.165) is 22.6 Å². The Morgan fingerprint density at radius 2 is 1.92 bits per heavy atom. The van der Waals surface area contributed by atoms with Gasteiger partial charge in [-0.05, 0) is 38.0 Å². The Labute approximate surface area is 155 Å². The zero-order valence-corrected chi connectivity index (χ0v) is 16.2. The summed E-state index contributed by atoms with van der Waals surface area (Å²) in [5, 5.41) is 9.19. The zero-order chi connectivity index (χ0) is 17.8. The summed E-state index contributed by atoms with van der Waals surface area (Å²) in [6.07, 6.45) is 2.41. The van der Waals surface area contributed by atoms with Gasteiger partial charge in [-0.2, -0.15) is 0 Å². The lowest BCUT2D eigenvalue weighted by atomic mass is 10.1. The molecule has 0 unspecified atom stereocenters. The Hall–Kier alpha value is -1.80. The van der Waals surface area contributed by atoms with Crippen LogP contribution < -0.4 is 14.4 Å². The third-order valence-corrected chi connectivity index (χ3v) is 6.26. The molecule has 0 spiro atoms. The number of Topliss-reactive ketones (excluding diaryl/α,β-unsaturated/α-hetero) is 1. The summed E-state index contributed by atoms with van der Waals surface area (Å²) >= 11 is 3.00. The predicted octanol–water partition coefficient (Wildman–Crippen LogP) is 3.52. The first-order valence-electron chi connectivity index (χ1n) is 8.13. The van der Waals surface area contributed by atoms with Crippen molar-refractivity contribution in [1.82, 2.24) is 10.2 Å². The van der Waals surface area contributed by atoms with Gasteiger partial charge in [0.05, 0.1) is 19.5 Å². The Kier molecular flexibility index (Phi) is 5.80. The van der Waals surface area contributed by atoms with Crippen molar-refractivity contribution < 1.29 is 14.3 Å². The lowest BCUT2D eigenvalue weighted by molar-refractivity contribution is 0.0993. The van der Waals surface area contributed by atoms with Gasteiger partial charge in [-0.15, -0.1) is 10.2 Å². The van der Waals surface area contributed by atoms with Gasteiger partial charge in [-0.1, -0.05) is 23.1 Å². The van der Waals surface area contributed by atoms with Crippen molar-refractivity contribution in [1.29, 1.82) is 0 Å². The molecule has 2 heterocycles. The van der Waals surface area contributed by atoms with Gasteiger partial charge in [0.15, 0.2) is 21.6 Å². The third-order valence-electron chi connectivity index (χ3n) is 4.09. The summed E-state index contributed by atoms with van der Waals surface area (Å²) in [6, 6.07) is 5.23. The second kappa shape index (κ2) is 8.05. The van der Waals surface area contributed by atoms with Gasteiger partial charge in [-0.25, -0.2) is 0 Å². The Balaban J connectivity index is 1.68. The molecule has 134 valence electrons. The van der Waals surface area contributed by atoms with E-state index in [1.165, 1.54) is 24.6 Å². The molecule has 1 atom stereocenters. The van der Waals surface area contributed by atoms with Gasteiger partial charge in [0.1, 0.15) is 0 Å². The highest BCUT2D eigenvalue weighted by Crippen LogP contribution is 2.34. The first-order chi connectivity index (χ1) is 12.1. The number of rotatable bonds is 7. The quantitative estimate of drug-likeness (QED) is 0.539. The number of methoxy groups -OCH3 is 2. The standard InChI is InChI=1S/C17H21N3O3S2/c1-11(15(21)12-6-7-13(22-2)14(10-12)23-3)24-17-19-18-16(25-17)20-8-4-5-9-20/h6-7,10-11H,4-5,8-9H2,1-3H3/t11-/m1/s1. The molecule has 0 bridgehead atoms. The Morgan fingerprint density at radius 1 is 1.20 bits per heavy atom. The van der Waals surface area contributed by atoms with E-state index in [4.69, 9.17) is 9.47 Å². The molecule has 0 aliphatic carbocycles. The van der Waals surface area contributed by atoms with E-state index in [1.807, 2.05) is 6.92 Å². The summed E-state index contributed by atoms with van der Waals surface area (Å²) in [5.74, 6) is 1.19. The smallest absolute Gasteiger partial charge is 0.209 e. The minimum atomic E-state index is -0.252. The van der Waals surface area contributed by atoms with Crippen LogP contribution in [0.3, 0.4) is 0 Å². The van der Waals surface area contributed by atoms with Gasteiger partial charge < -0.3 is 14.4 Å². The molecule has 6 nitrogen and oxygen atoms in total. The summed E-state index contributed by atoms with van der Waals surface area (Å²) in [7, 11) is 3.14. The van der Waals surface area contributed by atoms with Crippen LogP contribution in [-0.2, 0) is 0 Å². The molecule has 1 aliphatic rings. The van der Waals surface area contributed by atoms with Crippen LogP contribution in [0.4, 0.5) is 5.13 Å². The van der Waals surface area contributed by atoms with Crippen LogP contribution in [0.15, 0.2) is 22.5 Å². The maximum Gasteiger partial charge on any atom is 0.209 e. The molecule has 1 saturated heterocycles. The van der Waals surface area contributed by atoms with Crippen LogP contribution in [0.25, 0.3) is 0 Å². The monoisotopic (exact) mass is 379 g/mol. The normalized spacial score (nSPS) is 15.2. The van der Waals surface area contributed by atoms with E-state index in [1.54, 1.807) is 43.8 Å². The Bertz CT molecular complexity index is 744. The molecule has 2 aromatic rings. The summed E-state index contributed by atoms with van der Waals surface area (Å²) < 4.78 is 11.3. The van der Waals surface area contributed by atoms with E-state index < -0.39 is 0 Å². The Morgan fingerprint density at radius 3 is 2.60 bits per heavy atom. The maximum absolute atomic E-state index is 12.7. The fourth-order valence-electron chi connectivity index (χ4n) is 2.72. The number of nitrogens with zero attached hydrogens (tertiary/aromatic N) is 3. The molecule has 1 aromatic heterocycles.